The summed E-state index contributed by atoms with van der Waals surface area (Å²) in [6, 6.07) is 4.63. The van der Waals surface area contributed by atoms with E-state index in [4.69, 9.17) is 16.3 Å². The van der Waals surface area contributed by atoms with Crippen molar-refractivity contribution in [1.29, 1.82) is 0 Å². The van der Waals surface area contributed by atoms with E-state index in [1.165, 1.54) is 12.1 Å². The molecule has 0 aliphatic rings. The van der Waals surface area contributed by atoms with E-state index in [0.29, 0.717) is 0 Å². The summed E-state index contributed by atoms with van der Waals surface area (Å²) in [7, 11) is 0. The fraction of sp³-hybridized carbons (Fsp3) is 0.250. The third kappa shape index (κ3) is 6.45. The number of amides is 2. The van der Waals surface area contributed by atoms with Crippen LogP contribution in [0.1, 0.15) is 24.2 Å². The highest BCUT2D eigenvalue weighted by Gasteiger charge is 2.28. The molecule has 0 aliphatic carbocycles. The number of ether oxygens (including phenoxy) is 1. The molecule has 0 radical (unpaired) electrons. The van der Waals surface area contributed by atoms with Gasteiger partial charge in [-0.1, -0.05) is 25.4 Å². The predicted molar refractivity (Wildman–Crippen MR) is 110 cm³/mol. The molecule has 12 heteroatoms. The standard InChI is InChI=1S/C20H18ClF2N3O6/c1-10(2)18(25-19(28)11-3-5-13(21)16(7-11)26(30)31)20(29)32-9-17(27)24-15-8-12(22)4-6-14(15)23/h3-8,10,18H,9H2,1-2H3,(H,24,27)(H,25,28)/t18-/m0/s1. The lowest BCUT2D eigenvalue weighted by atomic mass is 10.0. The van der Waals surface area contributed by atoms with Gasteiger partial charge in [0, 0.05) is 17.7 Å². The van der Waals surface area contributed by atoms with Crippen molar-refractivity contribution < 1.29 is 32.8 Å². The zero-order valence-corrected chi connectivity index (χ0v) is 17.6. The van der Waals surface area contributed by atoms with Crippen LogP contribution < -0.4 is 10.6 Å². The number of benzene rings is 2. The summed E-state index contributed by atoms with van der Waals surface area (Å²) in [4.78, 5) is 47.0. The Balaban J connectivity index is 2.02. The van der Waals surface area contributed by atoms with Gasteiger partial charge < -0.3 is 15.4 Å². The average molecular weight is 470 g/mol. The van der Waals surface area contributed by atoms with Gasteiger partial charge in [0.1, 0.15) is 22.7 Å². The molecule has 0 spiro atoms. The highest BCUT2D eigenvalue weighted by molar-refractivity contribution is 6.32. The van der Waals surface area contributed by atoms with Crippen LogP contribution in [0.2, 0.25) is 5.02 Å². The van der Waals surface area contributed by atoms with Crippen LogP contribution in [0.4, 0.5) is 20.2 Å². The highest BCUT2D eigenvalue weighted by atomic mass is 35.5. The first-order valence-electron chi connectivity index (χ1n) is 9.16. The largest absolute Gasteiger partial charge is 0.454 e. The van der Waals surface area contributed by atoms with Crippen molar-refractivity contribution in [3.05, 3.63) is 68.7 Å². The first-order chi connectivity index (χ1) is 15.0. The molecular formula is C20H18ClF2N3O6. The second-order valence-electron chi connectivity index (χ2n) is 6.90. The maximum atomic E-state index is 13.6. The molecule has 2 amide bonds. The second kappa shape index (κ2) is 10.6. The van der Waals surface area contributed by atoms with Crippen LogP contribution in [0.5, 0.6) is 0 Å². The Labute approximate surface area is 185 Å². The first-order valence-corrected chi connectivity index (χ1v) is 9.53. The molecule has 0 aromatic heterocycles. The van der Waals surface area contributed by atoms with Gasteiger partial charge in [-0.3, -0.25) is 19.7 Å². The Bertz CT molecular complexity index is 1060. The number of nitro benzene ring substituents is 1. The van der Waals surface area contributed by atoms with Gasteiger partial charge in [-0.25, -0.2) is 13.6 Å². The normalized spacial score (nSPS) is 11.6. The fourth-order valence-electron chi connectivity index (χ4n) is 2.52. The Hall–Kier alpha value is -3.60. The van der Waals surface area contributed by atoms with Crippen LogP contribution in [0.15, 0.2) is 36.4 Å². The predicted octanol–water partition coefficient (Wildman–Crippen LogP) is 3.46. The number of hydrogen-bond donors (Lipinski definition) is 2. The van der Waals surface area contributed by atoms with Gasteiger partial charge in [-0.05, 0) is 30.2 Å². The van der Waals surface area contributed by atoms with E-state index in [1.807, 2.05) is 0 Å². The van der Waals surface area contributed by atoms with Gasteiger partial charge in [-0.15, -0.1) is 0 Å². The van der Waals surface area contributed by atoms with Crippen LogP contribution in [0.25, 0.3) is 0 Å². The van der Waals surface area contributed by atoms with Crippen molar-refractivity contribution in [3.63, 3.8) is 0 Å². The van der Waals surface area contributed by atoms with Gasteiger partial charge >= 0.3 is 5.97 Å². The molecule has 2 N–H and O–H groups in total. The molecule has 1 atom stereocenters. The lowest BCUT2D eigenvalue weighted by molar-refractivity contribution is -0.384. The Morgan fingerprint density at radius 1 is 1.16 bits per heavy atom. The summed E-state index contributed by atoms with van der Waals surface area (Å²) >= 11 is 5.72. The van der Waals surface area contributed by atoms with E-state index in [9.17, 15) is 33.3 Å². The minimum atomic E-state index is -1.20. The molecule has 2 rings (SSSR count). The second-order valence-corrected chi connectivity index (χ2v) is 7.31. The number of nitrogens with zero attached hydrogens (tertiary/aromatic N) is 1. The topological polar surface area (TPSA) is 128 Å². The number of esters is 1. The van der Waals surface area contributed by atoms with Crippen molar-refractivity contribution in [2.24, 2.45) is 5.92 Å². The van der Waals surface area contributed by atoms with Crippen molar-refractivity contribution in [1.82, 2.24) is 5.32 Å². The van der Waals surface area contributed by atoms with E-state index >= 15 is 0 Å². The van der Waals surface area contributed by atoms with E-state index in [-0.39, 0.29) is 10.6 Å². The SMILES string of the molecule is CC(C)[C@H](NC(=O)c1ccc(Cl)c([N+](=O)[O-])c1)C(=O)OCC(=O)Nc1cc(F)ccc1F. The number of hydrogen-bond acceptors (Lipinski definition) is 6. The number of rotatable bonds is 8. The van der Waals surface area contributed by atoms with Crippen molar-refractivity contribution in [2.45, 2.75) is 19.9 Å². The number of halogens is 3. The average Bonchev–Trinajstić information content (AvgIpc) is 2.72. The summed E-state index contributed by atoms with van der Waals surface area (Å²) in [6.45, 7) is 2.37. The number of anilines is 1. The van der Waals surface area contributed by atoms with Gasteiger partial charge in [0.15, 0.2) is 6.61 Å². The highest BCUT2D eigenvalue weighted by Crippen LogP contribution is 2.25. The minimum Gasteiger partial charge on any atom is -0.454 e. The van der Waals surface area contributed by atoms with Crippen molar-refractivity contribution in [2.75, 3.05) is 11.9 Å². The molecular weight excluding hydrogens is 452 g/mol. The number of carbonyl (C=O) groups is 3. The summed E-state index contributed by atoms with van der Waals surface area (Å²) in [5, 5.41) is 15.3. The monoisotopic (exact) mass is 469 g/mol. The molecule has 32 heavy (non-hydrogen) atoms. The van der Waals surface area contributed by atoms with Crippen LogP contribution in [0, 0.1) is 27.7 Å². The van der Waals surface area contributed by atoms with Crippen LogP contribution in [-0.4, -0.2) is 35.4 Å². The molecule has 0 heterocycles. The molecule has 2 aromatic rings. The summed E-state index contributed by atoms with van der Waals surface area (Å²) < 4.78 is 31.6. The molecule has 0 bridgehead atoms. The maximum Gasteiger partial charge on any atom is 0.329 e. The van der Waals surface area contributed by atoms with E-state index in [1.54, 1.807) is 13.8 Å². The number of carbonyl (C=O) groups excluding carboxylic acids is 3. The van der Waals surface area contributed by atoms with Crippen LogP contribution in [0.3, 0.4) is 0 Å². The quantitative estimate of drug-likeness (QED) is 0.346. The van der Waals surface area contributed by atoms with Gasteiger partial charge in [0.05, 0.1) is 10.6 Å². The zero-order chi connectivity index (χ0) is 24.0. The molecule has 0 saturated carbocycles. The lowest BCUT2D eigenvalue weighted by Crippen LogP contribution is -2.46. The van der Waals surface area contributed by atoms with Crippen LogP contribution in [-0.2, 0) is 14.3 Å². The lowest BCUT2D eigenvalue weighted by Gasteiger charge is -2.20. The summed E-state index contributed by atoms with van der Waals surface area (Å²) in [5.74, 6) is -4.82. The fourth-order valence-corrected chi connectivity index (χ4v) is 2.71. The van der Waals surface area contributed by atoms with Gasteiger partial charge in [0.25, 0.3) is 17.5 Å². The van der Waals surface area contributed by atoms with Gasteiger partial charge in [0.2, 0.25) is 0 Å². The van der Waals surface area contributed by atoms with Crippen molar-refractivity contribution >= 4 is 40.8 Å². The van der Waals surface area contributed by atoms with Crippen molar-refractivity contribution in [3.8, 4) is 0 Å². The first kappa shape index (κ1) is 24.7. The summed E-state index contributed by atoms with van der Waals surface area (Å²) in [5.41, 5.74) is -1.02. The summed E-state index contributed by atoms with van der Waals surface area (Å²) in [6.07, 6.45) is 0. The third-order valence-corrected chi connectivity index (χ3v) is 4.48. The molecule has 0 fully saturated rings. The molecule has 170 valence electrons. The van der Waals surface area contributed by atoms with E-state index < -0.39 is 64.3 Å². The number of nitro groups is 1. The molecule has 0 saturated heterocycles. The Morgan fingerprint density at radius 2 is 1.84 bits per heavy atom. The van der Waals surface area contributed by atoms with E-state index in [0.717, 1.165) is 24.3 Å². The Morgan fingerprint density at radius 3 is 2.47 bits per heavy atom. The maximum absolute atomic E-state index is 13.6. The smallest absolute Gasteiger partial charge is 0.329 e. The minimum absolute atomic E-state index is 0.112. The Kier molecular flexibility index (Phi) is 8.19. The van der Waals surface area contributed by atoms with Gasteiger partial charge in [-0.2, -0.15) is 0 Å². The zero-order valence-electron chi connectivity index (χ0n) is 16.9. The van der Waals surface area contributed by atoms with E-state index in [2.05, 4.69) is 10.6 Å². The molecule has 0 aliphatic heterocycles. The third-order valence-electron chi connectivity index (χ3n) is 4.16. The van der Waals surface area contributed by atoms with Crippen LogP contribution >= 0.6 is 11.6 Å². The molecule has 0 unspecified atom stereocenters. The number of nitrogens with one attached hydrogen (secondary N) is 2. The molecule has 2 aromatic carbocycles. The molecule has 9 nitrogen and oxygen atoms in total.